The highest BCUT2D eigenvalue weighted by molar-refractivity contribution is 4.42. The lowest BCUT2D eigenvalue weighted by Gasteiger charge is -2.40. The summed E-state index contributed by atoms with van der Waals surface area (Å²) in [7, 11) is 7.31. The van der Waals surface area contributed by atoms with Gasteiger partial charge in [-0.25, -0.2) is 0 Å². The molecule has 0 aromatic heterocycles. The predicted molar refractivity (Wildman–Crippen MR) is 96.5 cm³/mol. The van der Waals surface area contributed by atoms with Gasteiger partial charge in [0.05, 0.1) is 28.2 Å². The zero-order chi connectivity index (χ0) is 20.5. The molecule has 30 heavy (non-hydrogen) atoms. The van der Waals surface area contributed by atoms with Gasteiger partial charge in [0, 0.05) is 0 Å². The normalized spacial score (nSPS) is 15.4. The molecule has 0 bridgehead atoms. The largest absolute Gasteiger partial charge is 1.00 e. The molecule has 10 nitrogen and oxygen atoms in total. The van der Waals surface area contributed by atoms with Gasteiger partial charge >= 0.3 is 0 Å². The third-order valence-corrected chi connectivity index (χ3v) is 5.59. The van der Waals surface area contributed by atoms with Crippen LogP contribution in [0.4, 0.5) is 0 Å². The van der Waals surface area contributed by atoms with Crippen LogP contribution in [0.3, 0.4) is 0 Å². The summed E-state index contributed by atoms with van der Waals surface area (Å²) < 4.78 is 0.882. The molecule has 0 saturated heterocycles. The first-order chi connectivity index (χ1) is 12.0. The number of quaternary nitrogens is 4. The Labute approximate surface area is 205 Å². The number of aliphatic hydroxyl groups is 6. The molecule has 2 unspecified atom stereocenters. The second kappa shape index (κ2) is 18.2. The number of aliphatic hydroxyl groups excluding tert-OH is 6. The van der Waals surface area contributed by atoms with E-state index in [0.29, 0.717) is 48.2 Å². The average Bonchev–Trinajstić information content (AvgIpc) is 2.68. The SMILES string of the molecule is C[N+](CO)(CO)CC[N+](C)(CO)CC[N+](C)(CO)CC[N+](C)(CO)CO.[Cl-].[Cl-].[Cl-].[Cl-]. The maximum Gasteiger partial charge on any atom is 0.182 e. The average molecular weight is 528 g/mol. The highest BCUT2D eigenvalue weighted by Gasteiger charge is 2.33. The molecule has 0 fully saturated rings. The van der Waals surface area contributed by atoms with Crippen LogP contribution in [0.2, 0.25) is 0 Å². The van der Waals surface area contributed by atoms with E-state index in [1.807, 2.05) is 14.1 Å². The van der Waals surface area contributed by atoms with E-state index in [1.54, 1.807) is 14.1 Å². The van der Waals surface area contributed by atoms with Crippen molar-refractivity contribution in [1.29, 1.82) is 0 Å². The molecule has 0 rings (SSSR count). The lowest BCUT2D eigenvalue weighted by Crippen LogP contribution is -3.00. The highest BCUT2D eigenvalue weighted by Crippen LogP contribution is 2.11. The van der Waals surface area contributed by atoms with Gasteiger partial charge in [-0.3, -0.25) is 17.9 Å². The molecule has 6 N–H and O–H groups in total. The fraction of sp³-hybridized carbons (Fsp3) is 1.00. The van der Waals surface area contributed by atoms with E-state index in [2.05, 4.69) is 0 Å². The molecule has 0 amide bonds. The topological polar surface area (TPSA) is 121 Å². The van der Waals surface area contributed by atoms with Crippen LogP contribution >= 0.6 is 0 Å². The van der Waals surface area contributed by atoms with E-state index in [0.717, 1.165) is 0 Å². The predicted octanol–water partition coefficient (Wildman–Crippen LogP) is -15.5. The van der Waals surface area contributed by atoms with Crippen LogP contribution in [-0.2, 0) is 0 Å². The molecule has 0 saturated carbocycles. The highest BCUT2D eigenvalue weighted by atomic mass is 35.5. The van der Waals surface area contributed by atoms with Crippen LogP contribution in [0.25, 0.3) is 0 Å². The van der Waals surface area contributed by atoms with Crippen molar-refractivity contribution in [2.45, 2.75) is 0 Å². The summed E-state index contributed by atoms with van der Waals surface area (Å²) in [5.41, 5.74) is 0. The second-order valence-corrected chi connectivity index (χ2v) is 8.67. The van der Waals surface area contributed by atoms with Crippen molar-refractivity contribution in [2.24, 2.45) is 0 Å². The lowest BCUT2D eigenvalue weighted by molar-refractivity contribution is -1.01. The van der Waals surface area contributed by atoms with Gasteiger partial charge in [-0.05, 0) is 0 Å². The minimum absolute atomic E-state index is 0. The van der Waals surface area contributed by atoms with Gasteiger partial charge in [-0.15, -0.1) is 0 Å². The Bertz CT molecular complexity index is 376. The minimum Gasteiger partial charge on any atom is -1.00 e. The van der Waals surface area contributed by atoms with Crippen molar-refractivity contribution in [3.63, 3.8) is 0 Å². The van der Waals surface area contributed by atoms with Crippen LogP contribution in [0, 0.1) is 0 Å². The Morgan fingerprint density at radius 2 is 0.467 bits per heavy atom. The van der Waals surface area contributed by atoms with Gasteiger partial charge in [-0.2, -0.15) is 0 Å². The molecule has 190 valence electrons. The molecule has 0 aliphatic rings. The lowest BCUT2D eigenvalue weighted by atomic mass is 10.3. The van der Waals surface area contributed by atoms with Gasteiger partial charge in [0.15, 0.2) is 40.4 Å². The molecule has 0 aliphatic carbocycles. The van der Waals surface area contributed by atoms with Crippen molar-refractivity contribution in [3.05, 3.63) is 0 Å². The van der Waals surface area contributed by atoms with E-state index >= 15 is 0 Å². The van der Waals surface area contributed by atoms with Crippen LogP contribution in [0.5, 0.6) is 0 Å². The van der Waals surface area contributed by atoms with Crippen molar-refractivity contribution in [3.8, 4) is 0 Å². The second-order valence-electron chi connectivity index (χ2n) is 8.67. The van der Waals surface area contributed by atoms with E-state index in [4.69, 9.17) is 0 Å². The Hall–Kier alpha value is 0.760. The van der Waals surface area contributed by atoms with Gasteiger partial charge in [-0.1, -0.05) is 0 Å². The van der Waals surface area contributed by atoms with Crippen molar-refractivity contribution in [1.82, 2.24) is 0 Å². The molecule has 14 heteroatoms. The quantitative estimate of drug-likeness (QED) is 0.0929. The number of rotatable bonds is 15. The van der Waals surface area contributed by atoms with E-state index in [9.17, 15) is 30.6 Å². The number of likely N-dealkylation sites (N-methyl/N-ethyl adjacent to an activating group) is 4. The first kappa shape index (κ1) is 41.1. The van der Waals surface area contributed by atoms with E-state index in [1.165, 1.54) is 0 Å². The van der Waals surface area contributed by atoms with Crippen molar-refractivity contribution < 1.29 is 98.2 Å². The summed E-state index contributed by atoms with van der Waals surface area (Å²) in [5, 5.41) is 57.3. The molecule has 0 aliphatic heterocycles. The molecular formula is C16H42Cl4N4O6. The number of hydrogen-bond donors (Lipinski definition) is 6. The molecule has 2 atom stereocenters. The molecule has 0 radical (unpaired) electrons. The van der Waals surface area contributed by atoms with E-state index < -0.39 is 0 Å². The maximum atomic E-state index is 9.83. The summed E-state index contributed by atoms with van der Waals surface area (Å²) in [4.78, 5) is 0. The number of halogens is 4. The van der Waals surface area contributed by atoms with Crippen LogP contribution in [-0.4, -0.2) is 156 Å². The Morgan fingerprint density at radius 3 is 0.600 bits per heavy atom. The fourth-order valence-corrected chi connectivity index (χ4v) is 2.33. The molecule has 0 heterocycles. The summed E-state index contributed by atoms with van der Waals surface area (Å²) in [6, 6.07) is 0. The smallest absolute Gasteiger partial charge is 0.182 e. The summed E-state index contributed by atoms with van der Waals surface area (Å²) in [6.07, 6.45) is 0. The fourth-order valence-electron chi connectivity index (χ4n) is 2.33. The van der Waals surface area contributed by atoms with Crippen LogP contribution in [0.15, 0.2) is 0 Å². The van der Waals surface area contributed by atoms with Gasteiger partial charge in [0.1, 0.15) is 39.3 Å². The van der Waals surface area contributed by atoms with Gasteiger partial charge < -0.3 is 80.3 Å². The standard InChI is InChI=1S/C16H42N4O6.4ClH/c1-17(11-21,7-9-19(3,13-23)14-24)5-6-18(2,12-22)8-10-20(4,15-25)16-26;;;;/h21-26H,5-16H2,1-4H3;4*1H/q+4;;;;/p-4. The van der Waals surface area contributed by atoms with Gasteiger partial charge in [0.25, 0.3) is 0 Å². The Morgan fingerprint density at radius 1 is 0.333 bits per heavy atom. The molecule has 0 spiro atoms. The molecule has 0 aromatic rings. The van der Waals surface area contributed by atoms with E-state index in [-0.39, 0.29) is 99.0 Å². The monoisotopic (exact) mass is 526 g/mol. The summed E-state index contributed by atoms with van der Waals surface area (Å²) >= 11 is 0. The zero-order valence-electron chi connectivity index (χ0n) is 18.5. The summed E-state index contributed by atoms with van der Waals surface area (Å²) in [6.45, 7) is 2.51. The molecule has 0 aromatic carbocycles. The maximum absolute atomic E-state index is 9.83. The third-order valence-electron chi connectivity index (χ3n) is 5.59. The third kappa shape index (κ3) is 14.0. The first-order valence-corrected chi connectivity index (χ1v) is 8.98. The Kier molecular flexibility index (Phi) is 24.9. The Balaban J connectivity index is -0.000000521. The van der Waals surface area contributed by atoms with Crippen molar-refractivity contribution in [2.75, 3.05) is 108 Å². The van der Waals surface area contributed by atoms with Crippen LogP contribution < -0.4 is 49.6 Å². The minimum atomic E-state index is -0.175. The number of hydrogen-bond acceptors (Lipinski definition) is 6. The summed E-state index contributed by atoms with van der Waals surface area (Å²) in [5.74, 6) is 0. The first-order valence-electron chi connectivity index (χ1n) is 8.98. The van der Waals surface area contributed by atoms with Crippen molar-refractivity contribution >= 4 is 0 Å². The van der Waals surface area contributed by atoms with Crippen LogP contribution in [0.1, 0.15) is 0 Å². The number of nitrogens with zero attached hydrogens (tertiary/aromatic N) is 4. The molecular weight excluding hydrogens is 486 g/mol. The zero-order valence-corrected chi connectivity index (χ0v) is 21.5. The van der Waals surface area contributed by atoms with Gasteiger partial charge in [0.2, 0.25) is 0 Å².